The van der Waals surface area contributed by atoms with Crippen LogP contribution >= 0.6 is 17.0 Å². The highest BCUT2D eigenvalue weighted by atomic mass is 79.9. The van der Waals surface area contributed by atoms with Gasteiger partial charge in [-0.05, 0) is 18.4 Å². The third-order valence-electron chi connectivity index (χ3n) is 2.68. The van der Waals surface area contributed by atoms with Crippen LogP contribution in [0.3, 0.4) is 0 Å². The Morgan fingerprint density at radius 3 is 2.31 bits per heavy atom. The molecule has 0 aromatic carbocycles. The lowest BCUT2D eigenvalue weighted by molar-refractivity contribution is -0.124. The maximum atomic E-state index is 11.3. The molecule has 1 aliphatic heterocycles. The Bertz CT molecular complexity index is 186. The van der Waals surface area contributed by atoms with Crippen LogP contribution in [0.25, 0.3) is 0 Å². The number of hydrogen-bond acceptors (Lipinski definition) is 2. The van der Waals surface area contributed by atoms with E-state index in [-0.39, 0.29) is 22.4 Å². The molecular weight excluding hydrogens is 230 g/mol. The summed E-state index contributed by atoms with van der Waals surface area (Å²) in [7, 11) is 2.02. The van der Waals surface area contributed by atoms with E-state index in [1.54, 1.807) is 0 Å². The number of carbonyl (C=O) groups excluding carboxylic acids is 1. The first-order valence-corrected chi connectivity index (χ1v) is 4.60. The van der Waals surface area contributed by atoms with E-state index in [2.05, 4.69) is 25.7 Å². The van der Waals surface area contributed by atoms with Crippen molar-refractivity contribution in [1.29, 1.82) is 0 Å². The summed E-state index contributed by atoms with van der Waals surface area (Å²) in [6.45, 7) is 8.35. The molecule has 0 aromatic rings. The van der Waals surface area contributed by atoms with Crippen molar-refractivity contribution in [2.75, 3.05) is 20.1 Å². The molecule has 1 heterocycles. The van der Waals surface area contributed by atoms with E-state index in [0.717, 1.165) is 13.0 Å². The Morgan fingerprint density at radius 2 is 1.92 bits per heavy atom. The number of piperidine rings is 1. The lowest BCUT2D eigenvalue weighted by atomic mass is 9.76. The van der Waals surface area contributed by atoms with Crippen molar-refractivity contribution in [3.8, 4) is 0 Å². The third-order valence-corrected chi connectivity index (χ3v) is 2.68. The molecule has 78 valence electrons. The molecule has 0 saturated carbocycles. The number of ketones is 1. The second kappa shape index (κ2) is 4.56. The van der Waals surface area contributed by atoms with E-state index in [4.69, 9.17) is 0 Å². The zero-order valence-corrected chi connectivity index (χ0v) is 10.7. The van der Waals surface area contributed by atoms with Crippen molar-refractivity contribution < 1.29 is 4.79 Å². The van der Waals surface area contributed by atoms with Gasteiger partial charge in [0.1, 0.15) is 5.78 Å². The van der Waals surface area contributed by atoms with E-state index < -0.39 is 0 Å². The SMILES string of the molecule is Br.CN1CC(=O)CC(C(C)(C)C)C1. The Labute approximate surface area is 91.5 Å². The van der Waals surface area contributed by atoms with Gasteiger partial charge >= 0.3 is 0 Å². The number of nitrogens with zero attached hydrogens (tertiary/aromatic N) is 1. The van der Waals surface area contributed by atoms with Gasteiger partial charge in [-0.3, -0.25) is 9.69 Å². The van der Waals surface area contributed by atoms with Crippen molar-refractivity contribution in [3.63, 3.8) is 0 Å². The largest absolute Gasteiger partial charge is 0.299 e. The van der Waals surface area contributed by atoms with Crippen molar-refractivity contribution in [1.82, 2.24) is 4.90 Å². The molecule has 0 spiro atoms. The van der Waals surface area contributed by atoms with Gasteiger partial charge in [0.05, 0.1) is 6.54 Å². The van der Waals surface area contributed by atoms with Crippen LogP contribution in [-0.2, 0) is 4.79 Å². The van der Waals surface area contributed by atoms with Crippen molar-refractivity contribution in [2.24, 2.45) is 11.3 Å². The predicted molar refractivity (Wildman–Crippen MR) is 60.4 cm³/mol. The number of halogens is 1. The number of likely N-dealkylation sites (N-methyl/N-ethyl adjacent to an activating group) is 1. The summed E-state index contributed by atoms with van der Waals surface area (Å²) in [5.41, 5.74) is 0.268. The van der Waals surface area contributed by atoms with Crippen LogP contribution < -0.4 is 0 Å². The second-order valence-electron chi connectivity index (χ2n) is 5.00. The molecule has 0 aliphatic carbocycles. The number of likely N-dealkylation sites (tertiary alicyclic amines) is 1. The van der Waals surface area contributed by atoms with Crippen molar-refractivity contribution in [3.05, 3.63) is 0 Å². The Kier molecular flexibility index (Phi) is 4.60. The van der Waals surface area contributed by atoms with E-state index in [1.807, 2.05) is 7.05 Å². The monoisotopic (exact) mass is 249 g/mol. The molecule has 1 unspecified atom stereocenters. The molecule has 0 bridgehead atoms. The highest BCUT2D eigenvalue weighted by Crippen LogP contribution is 2.31. The van der Waals surface area contributed by atoms with E-state index in [9.17, 15) is 4.79 Å². The average molecular weight is 250 g/mol. The van der Waals surface area contributed by atoms with Gasteiger partial charge < -0.3 is 0 Å². The number of hydrogen-bond donors (Lipinski definition) is 0. The van der Waals surface area contributed by atoms with Crippen LogP contribution in [0.5, 0.6) is 0 Å². The van der Waals surface area contributed by atoms with E-state index in [1.165, 1.54) is 0 Å². The van der Waals surface area contributed by atoms with Crippen LogP contribution in [-0.4, -0.2) is 30.8 Å². The highest BCUT2D eigenvalue weighted by Gasteiger charge is 2.31. The minimum atomic E-state index is 0. The molecular formula is C10H20BrNO. The van der Waals surface area contributed by atoms with Gasteiger partial charge in [0, 0.05) is 13.0 Å². The normalized spacial score (nSPS) is 25.5. The fraction of sp³-hybridized carbons (Fsp3) is 0.900. The summed E-state index contributed by atoms with van der Waals surface area (Å²) in [5.74, 6) is 0.924. The van der Waals surface area contributed by atoms with Gasteiger partial charge in [-0.1, -0.05) is 20.8 Å². The van der Waals surface area contributed by atoms with Crippen LogP contribution in [0.1, 0.15) is 27.2 Å². The second-order valence-corrected chi connectivity index (χ2v) is 5.00. The van der Waals surface area contributed by atoms with E-state index >= 15 is 0 Å². The number of rotatable bonds is 0. The van der Waals surface area contributed by atoms with Gasteiger partial charge in [0.2, 0.25) is 0 Å². The fourth-order valence-corrected chi connectivity index (χ4v) is 1.73. The van der Waals surface area contributed by atoms with Gasteiger partial charge in [-0.2, -0.15) is 0 Å². The maximum Gasteiger partial charge on any atom is 0.147 e. The molecule has 13 heavy (non-hydrogen) atoms. The third kappa shape index (κ3) is 3.77. The van der Waals surface area contributed by atoms with Gasteiger partial charge in [-0.15, -0.1) is 17.0 Å². The van der Waals surface area contributed by atoms with Crippen LogP contribution in [0.4, 0.5) is 0 Å². The minimum Gasteiger partial charge on any atom is -0.299 e. The van der Waals surface area contributed by atoms with Gasteiger partial charge in [0.15, 0.2) is 0 Å². The summed E-state index contributed by atoms with van der Waals surface area (Å²) in [6.07, 6.45) is 0.772. The Hall–Kier alpha value is 0.110. The standard InChI is InChI=1S/C10H19NO.BrH/c1-10(2,3)8-5-9(12)7-11(4)6-8;/h8H,5-7H2,1-4H3;1H. The summed E-state index contributed by atoms with van der Waals surface area (Å²) in [4.78, 5) is 13.4. The molecule has 3 heteroatoms. The summed E-state index contributed by atoms with van der Waals surface area (Å²) in [6, 6.07) is 0. The fourth-order valence-electron chi connectivity index (χ4n) is 1.73. The van der Waals surface area contributed by atoms with Crippen LogP contribution in [0, 0.1) is 11.3 Å². The summed E-state index contributed by atoms with van der Waals surface area (Å²) < 4.78 is 0. The smallest absolute Gasteiger partial charge is 0.147 e. The highest BCUT2D eigenvalue weighted by molar-refractivity contribution is 8.93. The lowest BCUT2D eigenvalue weighted by Gasteiger charge is -2.37. The number of carbonyl (C=O) groups is 1. The van der Waals surface area contributed by atoms with E-state index in [0.29, 0.717) is 18.2 Å². The topological polar surface area (TPSA) is 20.3 Å². The quantitative estimate of drug-likeness (QED) is 0.656. The molecule has 1 atom stereocenters. The first kappa shape index (κ1) is 13.1. The Morgan fingerprint density at radius 1 is 1.38 bits per heavy atom. The number of Topliss-reactive ketones (excluding diaryl/α,β-unsaturated/α-hetero) is 1. The van der Waals surface area contributed by atoms with Crippen molar-refractivity contribution in [2.45, 2.75) is 27.2 Å². The molecule has 2 nitrogen and oxygen atoms in total. The molecule has 0 aromatic heterocycles. The van der Waals surface area contributed by atoms with Crippen molar-refractivity contribution >= 4 is 22.8 Å². The van der Waals surface area contributed by atoms with Gasteiger partial charge in [0.25, 0.3) is 0 Å². The molecule has 1 fully saturated rings. The lowest BCUT2D eigenvalue weighted by Crippen LogP contribution is -2.42. The zero-order chi connectivity index (χ0) is 9.35. The molecule has 0 amide bonds. The first-order valence-electron chi connectivity index (χ1n) is 4.60. The average Bonchev–Trinajstić information content (AvgIpc) is 1.82. The molecule has 1 aliphatic rings. The molecule has 0 radical (unpaired) electrons. The summed E-state index contributed by atoms with van der Waals surface area (Å²) in [5, 5.41) is 0. The Balaban J connectivity index is 0.00000144. The molecule has 1 rings (SSSR count). The summed E-state index contributed by atoms with van der Waals surface area (Å²) >= 11 is 0. The zero-order valence-electron chi connectivity index (χ0n) is 8.96. The predicted octanol–water partition coefficient (Wildman–Crippen LogP) is 2.13. The molecule has 0 N–H and O–H groups in total. The maximum absolute atomic E-state index is 11.3. The molecule has 1 saturated heterocycles. The first-order chi connectivity index (χ1) is 5.39. The van der Waals surface area contributed by atoms with Crippen LogP contribution in [0.15, 0.2) is 0 Å². The van der Waals surface area contributed by atoms with Crippen LogP contribution in [0.2, 0.25) is 0 Å². The minimum absolute atomic E-state index is 0. The van der Waals surface area contributed by atoms with Gasteiger partial charge in [-0.25, -0.2) is 0 Å².